The fraction of sp³-hybridized carbons (Fsp3) is 0.222. The lowest BCUT2D eigenvalue weighted by Crippen LogP contribution is -2.38. The first-order chi connectivity index (χ1) is 17.1. The largest absolute Gasteiger partial charge is 0.497 e. The van der Waals surface area contributed by atoms with Crippen molar-refractivity contribution in [1.82, 2.24) is 4.98 Å². The number of anilines is 3. The highest BCUT2D eigenvalue weighted by Crippen LogP contribution is 2.27. The number of para-hydroxylation sites is 2. The van der Waals surface area contributed by atoms with Crippen LogP contribution in [0, 0.1) is 5.92 Å². The van der Waals surface area contributed by atoms with Crippen LogP contribution < -0.4 is 20.3 Å². The first-order valence-electron chi connectivity index (χ1n) is 11.6. The highest BCUT2D eigenvalue weighted by atomic mass is 16.5. The van der Waals surface area contributed by atoms with Gasteiger partial charge in [-0.2, -0.15) is 4.98 Å². The quantitative estimate of drug-likeness (QED) is 0.414. The van der Waals surface area contributed by atoms with Gasteiger partial charge >= 0.3 is 0 Å². The number of nitrogens with one attached hydrogen (secondary N) is 2. The molecule has 8 nitrogen and oxygen atoms in total. The number of hydrogen-bond donors (Lipinski definition) is 2. The zero-order chi connectivity index (χ0) is 24.2. The maximum atomic E-state index is 12.8. The molecule has 1 fully saturated rings. The van der Waals surface area contributed by atoms with Gasteiger partial charge in [-0.1, -0.05) is 12.1 Å². The van der Waals surface area contributed by atoms with Crippen LogP contribution in [0.1, 0.15) is 23.2 Å². The van der Waals surface area contributed by atoms with Crippen LogP contribution in [-0.2, 0) is 4.79 Å². The van der Waals surface area contributed by atoms with Crippen LogP contribution in [0.2, 0.25) is 0 Å². The lowest BCUT2D eigenvalue weighted by Gasteiger charge is -2.30. The van der Waals surface area contributed by atoms with E-state index in [9.17, 15) is 9.59 Å². The molecule has 8 heteroatoms. The van der Waals surface area contributed by atoms with E-state index in [0.29, 0.717) is 48.9 Å². The summed E-state index contributed by atoms with van der Waals surface area (Å²) in [6, 6.07) is 22.3. The highest BCUT2D eigenvalue weighted by Gasteiger charge is 2.27. The van der Waals surface area contributed by atoms with Crippen molar-refractivity contribution in [3.8, 4) is 5.75 Å². The minimum Gasteiger partial charge on any atom is -0.497 e. The first kappa shape index (κ1) is 22.5. The molecule has 1 saturated heterocycles. The molecular weight excluding hydrogens is 444 g/mol. The van der Waals surface area contributed by atoms with Gasteiger partial charge in [0.1, 0.15) is 11.3 Å². The average Bonchev–Trinajstić information content (AvgIpc) is 3.34. The van der Waals surface area contributed by atoms with Crippen molar-refractivity contribution < 1.29 is 18.7 Å². The van der Waals surface area contributed by atoms with E-state index >= 15 is 0 Å². The summed E-state index contributed by atoms with van der Waals surface area (Å²) in [5.41, 5.74) is 3.45. The van der Waals surface area contributed by atoms with Crippen LogP contribution in [0.5, 0.6) is 5.75 Å². The number of aromatic nitrogens is 1. The van der Waals surface area contributed by atoms with Crippen molar-refractivity contribution in [2.24, 2.45) is 5.92 Å². The Morgan fingerprint density at radius 1 is 0.914 bits per heavy atom. The van der Waals surface area contributed by atoms with E-state index in [-0.39, 0.29) is 17.7 Å². The molecule has 5 rings (SSSR count). The number of hydrogen-bond acceptors (Lipinski definition) is 6. The van der Waals surface area contributed by atoms with Crippen LogP contribution >= 0.6 is 0 Å². The Morgan fingerprint density at radius 3 is 2.26 bits per heavy atom. The average molecular weight is 471 g/mol. The van der Waals surface area contributed by atoms with Crippen LogP contribution in [0.3, 0.4) is 0 Å². The van der Waals surface area contributed by atoms with Crippen molar-refractivity contribution in [3.05, 3.63) is 78.4 Å². The lowest BCUT2D eigenvalue weighted by atomic mass is 9.96. The maximum absolute atomic E-state index is 12.8. The van der Waals surface area contributed by atoms with Crippen LogP contribution in [-0.4, -0.2) is 37.0 Å². The molecule has 2 amide bonds. The number of oxazole rings is 1. The number of carbonyl (C=O) groups is 2. The second-order valence-corrected chi connectivity index (χ2v) is 8.47. The number of ether oxygens (including phenoxy) is 1. The maximum Gasteiger partial charge on any atom is 0.298 e. The number of amides is 2. The Morgan fingerprint density at radius 2 is 1.57 bits per heavy atom. The molecule has 1 aliphatic rings. The second-order valence-electron chi connectivity index (χ2n) is 8.47. The Kier molecular flexibility index (Phi) is 6.34. The Hall–Kier alpha value is -4.33. The predicted molar refractivity (Wildman–Crippen MR) is 135 cm³/mol. The van der Waals surface area contributed by atoms with Gasteiger partial charge in [-0.05, 0) is 73.5 Å². The highest BCUT2D eigenvalue weighted by molar-refractivity contribution is 6.04. The normalized spacial score (nSPS) is 14.0. The molecule has 0 unspecified atom stereocenters. The zero-order valence-electron chi connectivity index (χ0n) is 19.4. The third-order valence-electron chi connectivity index (χ3n) is 6.18. The molecule has 178 valence electrons. The molecule has 2 heterocycles. The number of benzene rings is 3. The van der Waals surface area contributed by atoms with Crippen molar-refractivity contribution in [2.75, 3.05) is 35.7 Å². The molecule has 2 N–H and O–H groups in total. The van der Waals surface area contributed by atoms with Crippen LogP contribution in [0.4, 0.5) is 17.4 Å². The molecule has 3 aromatic carbocycles. The summed E-state index contributed by atoms with van der Waals surface area (Å²) in [6.45, 7) is 1.41. The van der Waals surface area contributed by atoms with Gasteiger partial charge in [0.25, 0.3) is 11.9 Å². The molecule has 0 spiro atoms. The van der Waals surface area contributed by atoms with Crippen molar-refractivity contribution in [1.29, 1.82) is 0 Å². The SMILES string of the molecule is COc1ccc(NC(=O)c2ccc(NC(=O)C3CCN(c4nc5ccccc5o4)CC3)cc2)cc1. The summed E-state index contributed by atoms with van der Waals surface area (Å²) in [5.74, 6) is 0.394. The van der Waals surface area contributed by atoms with Crippen LogP contribution in [0.25, 0.3) is 11.1 Å². The molecule has 1 aromatic heterocycles. The minimum atomic E-state index is -0.223. The molecule has 0 saturated carbocycles. The molecule has 0 aliphatic carbocycles. The van der Waals surface area contributed by atoms with Gasteiger partial charge in [0.05, 0.1) is 7.11 Å². The Bertz CT molecular complexity index is 1290. The fourth-order valence-electron chi connectivity index (χ4n) is 4.16. The molecule has 0 radical (unpaired) electrons. The molecule has 4 aromatic rings. The Balaban J connectivity index is 1.13. The second kappa shape index (κ2) is 9.89. The monoisotopic (exact) mass is 470 g/mol. The summed E-state index contributed by atoms with van der Waals surface area (Å²) >= 11 is 0. The van der Waals surface area contributed by atoms with Gasteiger partial charge in [0.2, 0.25) is 5.91 Å². The smallest absolute Gasteiger partial charge is 0.298 e. The van der Waals surface area contributed by atoms with Gasteiger partial charge in [-0.25, -0.2) is 0 Å². The standard InChI is InChI=1S/C27H26N4O4/c1-34-22-12-10-21(11-13-22)29-25(32)18-6-8-20(9-7-18)28-26(33)19-14-16-31(17-15-19)27-30-23-4-2-3-5-24(23)35-27/h2-13,19H,14-17H2,1H3,(H,28,33)(H,29,32). The van der Waals surface area contributed by atoms with Crippen molar-refractivity contribution in [2.45, 2.75) is 12.8 Å². The van der Waals surface area contributed by atoms with E-state index in [4.69, 9.17) is 9.15 Å². The van der Waals surface area contributed by atoms with Crippen molar-refractivity contribution in [3.63, 3.8) is 0 Å². The number of piperidine rings is 1. The number of methoxy groups -OCH3 is 1. The van der Waals surface area contributed by atoms with E-state index in [1.54, 1.807) is 55.6 Å². The van der Waals surface area contributed by atoms with E-state index in [2.05, 4.69) is 20.5 Å². The van der Waals surface area contributed by atoms with E-state index < -0.39 is 0 Å². The van der Waals surface area contributed by atoms with Gasteiger partial charge < -0.3 is 24.7 Å². The van der Waals surface area contributed by atoms with E-state index in [1.807, 2.05) is 24.3 Å². The molecule has 1 aliphatic heterocycles. The van der Waals surface area contributed by atoms with Crippen LogP contribution in [0.15, 0.2) is 77.2 Å². The topological polar surface area (TPSA) is 96.7 Å². The minimum absolute atomic E-state index is 0.0161. The summed E-state index contributed by atoms with van der Waals surface area (Å²) < 4.78 is 11.0. The lowest BCUT2D eigenvalue weighted by molar-refractivity contribution is -0.120. The third kappa shape index (κ3) is 5.11. The number of carbonyl (C=O) groups excluding carboxylic acids is 2. The summed E-state index contributed by atoms with van der Waals surface area (Å²) in [5, 5.41) is 5.82. The zero-order valence-corrected chi connectivity index (χ0v) is 19.4. The Labute approximate surface area is 202 Å². The van der Waals surface area contributed by atoms with E-state index in [1.165, 1.54) is 0 Å². The predicted octanol–water partition coefficient (Wildman–Crippen LogP) is 4.94. The van der Waals surface area contributed by atoms with Gasteiger partial charge in [-0.15, -0.1) is 0 Å². The summed E-state index contributed by atoms with van der Waals surface area (Å²) in [4.78, 5) is 31.9. The number of fused-ring (bicyclic) bond motifs is 1. The summed E-state index contributed by atoms with van der Waals surface area (Å²) in [7, 11) is 1.59. The molecular formula is C27H26N4O4. The van der Waals surface area contributed by atoms with Crippen molar-refractivity contribution >= 4 is 40.3 Å². The molecule has 0 bridgehead atoms. The third-order valence-corrected chi connectivity index (χ3v) is 6.18. The van der Waals surface area contributed by atoms with E-state index in [0.717, 1.165) is 16.8 Å². The fourth-order valence-corrected chi connectivity index (χ4v) is 4.16. The molecule has 35 heavy (non-hydrogen) atoms. The van der Waals surface area contributed by atoms with Gasteiger partial charge in [0.15, 0.2) is 5.58 Å². The number of rotatable bonds is 6. The first-order valence-corrected chi connectivity index (χ1v) is 11.6. The van der Waals surface area contributed by atoms with Gasteiger partial charge in [-0.3, -0.25) is 9.59 Å². The summed E-state index contributed by atoms with van der Waals surface area (Å²) in [6.07, 6.45) is 1.43. The van der Waals surface area contributed by atoms with Gasteiger partial charge in [0, 0.05) is 35.9 Å². The number of nitrogens with zero attached hydrogens (tertiary/aromatic N) is 2. The molecule has 0 atom stereocenters.